The molecule has 0 saturated heterocycles. The number of carbonyl (C=O) groups is 1. The zero-order valence-electron chi connectivity index (χ0n) is 11.2. The molecule has 1 aliphatic carbocycles. The first-order valence-electron chi connectivity index (χ1n) is 6.93. The number of hydrogen-bond acceptors (Lipinski definition) is 3. The van der Waals surface area contributed by atoms with Gasteiger partial charge < -0.3 is 9.88 Å². The minimum Gasteiger partial charge on any atom is -0.353 e. The Kier molecular flexibility index (Phi) is 3.87. The van der Waals surface area contributed by atoms with E-state index in [0.29, 0.717) is 24.9 Å². The van der Waals surface area contributed by atoms with Crippen LogP contribution in [0.1, 0.15) is 31.5 Å². The molecule has 0 aromatic carbocycles. The summed E-state index contributed by atoms with van der Waals surface area (Å²) in [7, 11) is 0. The number of aryl methyl sites for hydroxylation is 1. The van der Waals surface area contributed by atoms with Crippen molar-refractivity contribution in [1.82, 2.24) is 19.9 Å². The van der Waals surface area contributed by atoms with Crippen LogP contribution in [0.5, 0.6) is 0 Å². The van der Waals surface area contributed by atoms with Gasteiger partial charge in [-0.2, -0.15) is 0 Å². The van der Waals surface area contributed by atoms with Crippen LogP contribution in [0.25, 0.3) is 11.2 Å². The van der Waals surface area contributed by atoms with Crippen molar-refractivity contribution in [3.05, 3.63) is 24.2 Å². The van der Waals surface area contributed by atoms with Gasteiger partial charge in [0.1, 0.15) is 11.3 Å². The predicted molar refractivity (Wildman–Crippen MR) is 77.5 cm³/mol. The van der Waals surface area contributed by atoms with E-state index in [9.17, 15) is 4.79 Å². The van der Waals surface area contributed by atoms with E-state index in [1.165, 1.54) is 0 Å². The van der Waals surface area contributed by atoms with E-state index in [1.807, 2.05) is 16.7 Å². The monoisotopic (exact) mass is 292 g/mol. The van der Waals surface area contributed by atoms with E-state index < -0.39 is 0 Å². The molecule has 1 fully saturated rings. The third-order valence-corrected chi connectivity index (χ3v) is 3.67. The van der Waals surface area contributed by atoms with E-state index in [4.69, 9.17) is 11.6 Å². The SMILES string of the molecule is O=C(CCCn1c(CCl)nc2cccnc21)NC1CC1. The fourth-order valence-electron chi connectivity index (χ4n) is 2.27. The lowest BCUT2D eigenvalue weighted by Gasteiger charge is -2.07. The summed E-state index contributed by atoms with van der Waals surface area (Å²) in [5.41, 5.74) is 1.69. The molecule has 0 bridgehead atoms. The lowest BCUT2D eigenvalue weighted by molar-refractivity contribution is -0.121. The number of alkyl halides is 1. The fraction of sp³-hybridized carbons (Fsp3) is 0.500. The zero-order chi connectivity index (χ0) is 13.9. The molecule has 1 saturated carbocycles. The van der Waals surface area contributed by atoms with Crippen molar-refractivity contribution >= 4 is 28.7 Å². The molecule has 5 nitrogen and oxygen atoms in total. The number of hydrogen-bond donors (Lipinski definition) is 1. The fourth-order valence-corrected chi connectivity index (χ4v) is 2.47. The normalized spacial score (nSPS) is 14.7. The maximum atomic E-state index is 11.7. The van der Waals surface area contributed by atoms with Crippen LogP contribution in [0, 0.1) is 0 Å². The molecular formula is C14H17ClN4O. The molecule has 1 N–H and O–H groups in total. The Morgan fingerprint density at radius 2 is 2.35 bits per heavy atom. The minimum absolute atomic E-state index is 0.136. The smallest absolute Gasteiger partial charge is 0.220 e. The number of nitrogens with zero attached hydrogens (tertiary/aromatic N) is 3. The van der Waals surface area contributed by atoms with Crippen molar-refractivity contribution in [2.75, 3.05) is 0 Å². The van der Waals surface area contributed by atoms with Gasteiger partial charge in [0.15, 0.2) is 5.65 Å². The van der Waals surface area contributed by atoms with Gasteiger partial charge in [-0.3, -0.25) is 4.79 Å². The van der Waals surface area contributed by atoms with Gasteiger partial charge in [-0.15, -0.1) is 11.6 Å². The van der Waals surface area contributed by atoms with Crippen LogP contribution < -0.4 is 5.32 Å². The molecule has 2 heterocycles. The second-order valence-corrected chi connectivity index (χ2v) is 5.37. The van der Waals surface area contributed by atoms with Crippen LogP contribution >= 0.6 is 11.6 Å². The Balaban J connectivity index is 1.65. The largest absolute Gasteiger partial charge is 0.353 e. The Bertz CT molecular complexity index is 621. The van der Waals surface area contributed by atoms with Crippen molar-refractivity contribution in [1.29, 1.82) is 0 Å². The van der Waals surface area contributed by atoms with Crippen molar-refractivity contribution < 1.29 is 4.79 Å². The Morgan fingerprint density at radius 3 is 3.10 bits per heavy atom. The number of imidazole rings is 1. The summed E-state index contributed by atoms with van der Waals surface area (Å²) in [6, 6.07) is 4.21. The number of pyridine rings is 1. The molecule has 1 aliphatic rings. The highest BCUT2D eigenvalue weighted by Gasteiger charge is 2.22. The standard InChI is InChI=1S/C14H17ClN4O/c15-9-12-18-11-3-1-7-16-14(11)19(12)8-2-4-13(20)17-10-5-6-10/h1,3,7,10H,2,4-6,8-9H2,(H,17,20). The van der Waals surface area contributed by atoms with E-state index in [2.05, 4.69) is 15.3 Å². The van der Waals surface area contributed by atoms with Gasteiger partial charge in [0, 0.05) is 25.2 Å². The molecule has 0 aliphatic heterocycles. The van der Waals surface area contributed by atoms with Gasteiger partial charge in [-0.1, -0.05) is 0 Å². The molecule has 1 amide bonds. The van der Waals surface area contributed by atoms with Crippen molar-refractivity contribution in [2.45, 2.75) is 44.1 Å². The third kappa shape index (κ3) is 2.93. The molecule has 2 aromatic rings. The van der Waals surface area contributed by atoms with Crippen LogP contribution in [0.2, 0.25) is 0 Å². The first-order valence-corrected chi connectivity index (χ1v) is 7.47. The zero-order valence-corrected chi connectivity index (χ0v) is 11.9. The number of rotatable bonds is 6. The van der Waals surface area contributed by atoms with Crippen molar-refractivity contribution in [2.24, 2.45) is 0 Å². The summed E-state index contributed by atoms with van der Waals surface area (Å²) in [5, 5.41) is 2.99. The number of fused-ring (bicyclic) bond motifs is 1. The molecule has 0 unspecified atom stereocenters. The molecule has 3 rings (SSSR count). The molecule has 20 heavy (non-hydrogen) atoms. The molecule has 0 spiro atoms. The Morgan fingerprint density at radius 1 is 1.50 bits per heavy atom. The summed E-state index contributed by atoms with van der Waals surface area (Å²) in [6.45, 7) is 0.716. The molecular weight excluding hydrogens is 276 g/mol. The third-order valence-electron chi connectivity index (χ3n) is 3.43. The van der Waals surface area contributed by atoms with E-state index in [-0.39, 0.29) is 5.91 Å². The maximum Gasteiger partial charge on any atom is 0.220 e. The van der Waals surface area contributed by atoms with Gasteiger partial charge in [-0.05, 0) is 31.4 Å². The summed E-state index contributed by atoms with van der Waals surface area (Å²) in [4.78, 5) is 20.5. The van der Waals surface area contributed by atoms with Gasteiger partial charge in [0.25, 0.3) is 0 Å². The average Bonchev–Trinajstić information content (AvgIpc) is 3.19. The van der Waals surface area contributed by atoms with Gasteiger partial charge in [0.2, 0.25) is 5.91 Å². The van der Waals surface area contributed by atoms with E-state index in [1.54, 1.807) is 6.20 Å². The lowest BCUT2D eigenvalue weighted by Crippen LogP contribution is -2.25. The topological polar surface area (TPSA) is 59.8 Å². The van der Waals surface area contributed by atoms with Crippen LogP contribution in [-0.4, -0.2) is 26.5 Å². The van der Waals surface area contributed by atoms with Gasteiger partial charge >= 0.3 is 0 Å². The molecule has 0 atom stereocenters. The highest BCUT2D eigenvalue weighted by atomic mass is 35.5. The Labute approximate surface area is 122 Å². The van der Waals surface area contributed by atoms with Crippen LogP contribution in [0.4, 0.5) is 0 Å². The lowest BCUT2D eigenvalue weighted by atomic mass is 10.3. The number of aromatic nitrogens is 3. The first kappa shape index (κ1) is 13.4. The molecule has 2 aromatic heterocycles. The molecule has 6 heteroatoms. The van der Waals surface area contributed by atoms with E-state index in [0.717, 1.165) is 36.3 Å². The summed E-state index contributed by atoms with van der Waals surface area (Å²) >= 11 is 5.93. The van der Waals surface area contributed by atoms with Crippen molar-refractivity contribution in [3.63, 3.8) is 0 Å². The first-order chi connectivity index (χ1) is 9.78. The highest BCUT2D eigenvalue weighted by Crippen LogP contribution is 2.19. The number of carbonyl (C=O) groups excluding carboxylic acids is 1. The maximum absolute atomic E-state index is 11.7. The molecule has 106 valence electrons. The van der Waals surface area contributed by atoms with Crippen LogP contribution in [-0.2, 0) is 17.2 Å². The van der Waals surface area contributed by atoms with Gasteiger partial charge in [0.05, 0.1) is 5.88 Å². The van der Waals surface area contributed by atoms with Crippen molar-refractivity contribution in [3.8, 4) is 0 Å². The minimum atomic E-state index is 0.136. The van der Waals surface area contributed by atoms with Gasteiger partial charge in [-0.25, -0.2) is 9.97 Å². The summed E-state index contributed by atoms with van der Waals surface area (Å²) in [5.74, 6) is 1.30. The summed E-state index contributed by atoms with van der Waals surface area (Å²) < 4.78 is 2.01. The second kappa shape index (κ2) is 5.79. The number of halogens is 1. The second-order valence-electron chi connectivity index (χ2n) is 5.10. The average molecular weight is 293 g/mol. The van der Waals surface area contributed by atoms with E-state index >= 15 is 0 Å². The number of nitrogens with one attached hydrogen (secondary N) is 1. The number of amides is 1. The quantitative estimate of drug-likeness (QED) is 0.831. The predicted octanol–water partition coefficient (Wildman–Crippen LogP) is 2.23. The highest BCUT2D eigenvalue weighted by molar-refractivity contribution is 6.16. The van der Waals surface area contributed by atoms with Crippen LogP contribution in [0.15, 0.2) is 18.3 Å². The molecule has 0 radical (unpaired) electrons. The summed E-state index contributed by atoms with van der Waals surface area (Å²) in [6.07, 6.45) is 5.30. The Hall–Kier alpha value is -1.62. The van der Waals surface area contributed by atoms with Crippen LogP contribution in [0.3, 0.4) is 0 Å².